The van der Waals surface area contributed by atoms with Gasteiger partial charge in [0.1, 0.15) is 11.2 Å². The Morgan fingerprint density at radius 1 is 0.968 bits per heavy atom. The van der Waals surface area contributed by atoms with Crippen LogP contribution in [0, 0.1) is 6.92 Å². The molecule has 0 aromatic heterocycles. The van der Waals surface area contributed by atoms with Gasteiger partial charge in [-0.25, -0.2) is 14.4 Å². The van der Waals surface area contributed by atoms with Crippen LogP contribution in [0.2, 0.25) is 0 Å². The van der Waals surface area contributed by atoms with Gasteiger partial charge < -0.3 is 14.2 Å². The average molecular weight is 433 g/mol. The zero-order chi connectivity index (χ0) is 23.6. The van der Waals surface area contributed by atoms with E-state index < -0.39 is 35.4 Å². The van der Waals surface area contributed by atoms with Gasteiger partial charge in [0, 0.05) is 6.42 Å². The first kappa shape index (κ1) is 24.2. The van der Waals surface area contributed by atoms with Gasteiger partial charge in [-0.1, -0.05) is 24.3 Å². The second-order valence-electron chi connectivity index (χ2n) is 9.35. The van der Waals surface area contributed by atoms with Crippen LogP contribution in [-0.4, -0.2) is 52.5 Å². The maximum atomic E-state index is 13.1. The third-order valence-corrected chi connectivity index (χ3v) is 4.32. The molecule has 0 saturated carbocycles. The monoisotopic (exact) mass is 432 g/mol. The van der Waals surface area contributed by atoms with Crippen LogP contribution < -0.4 is 0 Å². The van der Waals surface area contributed by atoms with Gasteiger partial charge in [0.2, 0.25) is 0 Å². The van der Waals surface area contributed by atoms with Gasteiger partial charge >= 0.3 is 18.2 Å². The van der Waals surface area contributed by atoms with Crippen LogP contribution in [0.4, 0.5) is 9.59 Å². The van der Waals surface area contributed by atoms with Crippen molar-refractivity contribution >= 4 is 24.2 Å². The molecule has 8 heteroatoms. The molecule has 8 nitrogen and oxygen atoms in total. The summed E-state index contributed by atoms with van der Waals surface area (Å²) in [6.45, 7) is 12.2. The highest BCUT2D eigenvalue weighted by Gasteiger charge is 2.49. The van der Waals surface area contributed by atoms with Crippen molar-refractivity contribution in [2.75, 3.05) is 7.11 Å². The molecule has 0 N–H and O–H groups in total. The standard InChI is InChI=1S/C23H32N2O6/c1-15-11-9-10-12-16(15)13-17-14-18(19(26)29-8)25(21(28)31-23(5,6)7)24(17)20(27)30-22(2,3)4/h9-13,18H,14H2,1-8H3/b17-13-/t18-/m1/s1. The summed E-state index contributed by atoms with van der Waals surface area (Å²) in [6, 6.07) is 6.53. The Labute approximate surface area is 183 Å². The Morgan fingerprint density at radius 3 is 2.03 bits per heavy atom. The maximum absolute atomic E-state index is 13.1. The molecule has 1 saturated heterocycles. The third kappa shape index (κ3) is 6.23. The van der Waals surface area contributed by atoms with Crippen molar-refractivity contribution in [3.05, 3.63) is 41.1 Å². The molecular weight excluding hydrogens is 400 g/mol. The van der Waals surface area contributed by atoms with Crippen molar-refractivity contribution in [1.82, 2.24) is 10.0 Å². The molecule has 2 amide bonds. The topological polar surface area (TPSA) is 85.4 Å². The molecule has 170 valence electrons. The molecular formula is C23H32N2O6. The summed E-state index contributed by atoms with van der Waals surface area (Å²) in [6.07, 6.45) is 0.200. The van der Waals surface area contributed by atoms with Crippen molar-refractivity contribution in [2.24, 2.45) is 0 Å². The smallest absolute Gasteiger partial charge is 0.434 e. The van der Waals surface area contributed by atoms with Gasteiger partial charge in [-0.05, 0) is 65.7 Å². The summed E-state index contributed by atoms with van der Waals surface area (Å²) in [5.74, 6) is -0.660. The Morgan fingerprint density at radius 2 is 1.52 bits per heavy atom. The highest BCUT2D eigenvalue weighted by Crippen LogP contribution is 2.34. The number of rotatable bonds is 2. The number of hydrogen-bond donors (Lipinski definition) is 0. The van der Waals surface area contributed by atoms with Crippen molar-refractivity contribution in [3.8, 4) is 0 Å². The second-order valence-corrected chi connectivity index (χ2v) is 9.35. The van der Waals surface area contributed by atoms with E-state index >= 15 is 0 Å². The quantitative estimate of drug-likeness (QED) is 0.499. The summed E-state index contributed by atoms with van der Waals surface area (Å²) in [4.78, 5) is 38.7. The number of benzene rings is 1. The predicted molar refractivity (Wildman–Crippen MR) is 116 cm³/mol. The number of methoxy groups -OCH3 is 1. The lowest BCUT2D eigenvalue weighted by molar-refractivity contribution is -0.149. The number of ether oxygens (including phenoxy) is 3. The fraction of sp³-hybridized carbons (Fsp3) is 0.522. The Balaban J connectivity index is 2.60. The number of aryl methyl sites for hydroxylation is 1. The number of hydrogen-bond acceptors (Lipinski definition) is 6. The predicted octanol–water partition coefficient (Wildman–Crippen LogP) is 4.67. The second kappa shape index (κ2) is 8.99. The first-order chi connectivity index (χ1) is 14.2. The number of carbonyl (C=O) groups is 3. The lowest BCUT2D eigenvalue weighted by Gasteiger charge is -2.33. The summed E-state index contributed by atoms with van der Waals surface area (Å²) < 4.78 is 15.9. The summed E-state index contributed by atoms with van der Waals surface area (Å²) in [5.41, 5.74) is 0.600. The highest BCUT2D eigenvalue weighted by molar-refractivity contribution is 5.87. The van der Waals surface area contributed by atoms with Crippen molar-refractivity contribution < 1.29 is 28.6 Å². The first-order valence-electron chi connectivity index (χ1n) is 10.1. The van der Waals surface area contributed by atoms with Crippen LogP contribution >= 0.6 is 0 Å². The van der Waals surface area contributed by atoms with Crippen molar-refractivity contribution in [3.63, 3.8) is 0 Å². The molecule has 0 radical (unpaired) electrons. The number of hydrazine groups is 1. The van der Waals surface area contributed by atoms with E-state index in [4.69, 9.17) is 14.2 Å². The normalized spacial score (nSPS) is 18.2. The summed E-state index contributed by atoms with van der Waals surface area (Å²) >= 11 is 0. The van der Waals surface area contributed by atoms with Gasteiger partial charge in [-0.3, -0.25) is 0 Å². The van der Waals surface area contributed by atoms with E-state index in [1.165, 1.54) is 7.11 Å². The largest absolute Gasteiger partial charge is 0.467 e. The summed E-state index contributed by atoms with van der Waals surface area (Å²) in [7, 11) is 1.23. The SMILES string of the molecule is COC(=O)[C@H]1C/C(=C/c2ccccc2C)N(C(=O)OC(C)(C)C)N1C(=O)OC(C)(C)C. The number of nitrogens with zero attached hydrogens (tertiary/aromatic N) is 2. The van der Waals surface area contributed by atoms with E-state index in [0.717, 1.165) is 21.1 Å². The fourth-order valence-corrected chi connectivity index (χ4v) is 3.04. The van der Waals surface area contributed by atoms with Gasteiger partial charge in [0.25, 0.3) is 0 Å². The van der Waals surface area contributed by atoms with E-state index in [-0.39, 0.29) is 6.42 Å². The number of carbonyl (C=O) groups excluding carboxylic acids is 3. The van der Waals surface area contributed by atoms with Gasteiger partial charge in [-0.15, -0.1) is 0 Å². The van der Waals surface area contributed by atoms with Crippen LogP contribution in [0.1, 0.15) is 59.1 Å². The Hall–Kier alpha value is -3.03. The molecule has 2 rings (SSSR count). The zero-order valence-corrected chi connectivity index (χ0v) is 19.5. The minimum atomic E-state index is -1.07. The van der Waals surface area contributed by atoms with Crippen molar-refractivity contribution in [2.45, 2.75) is 72.1 Å². The van der Waals surface area contributed by atoms with Crippen LogP contribution in [0.5, 0.6) is 0 Å². The minimum Gasteiger partial charge on any atom is -0.467 e. The van der Waals surface area contributed by atoms with Crippen LogP contribution in [0.15, 0.2) is 30.0 Å². The third-order valence-electron chi connectivity index (χ3n) is 4.32. The highest BCUT2D eigenvalue weighted by atomic mass is 16.6. The van der Waals surface area contributed by atoms with Crippen LogP contribution in [0.25, 0.3) is 6.08 Å². The zero-order valence-electron chi connectivity index (χ0n) is 19.5. The van der Waals surface area contributed by atoms with Crippen LogP contribution in [-0.2, 0) is 19.0 Å². The first-order valence-corrected chi connectivity index (χ1v) is 10.1. The van der Waals surface area contributed by atoms with Crippen LogP contribution in [0.3, 0.4) is 0 Å². The van der Waals surface area contributed by atoms with E-state index in [1.807, 2.05) is 31.2 Å². The molecule has 1 aromatic carbocycles. The van der Waals surface area contributed by atoms with Gasteiger partial charge in [0.05, 0.1) is 12.8 Å². The molecule has 0 unspecified atom stereocenters. The van der Waals surface area contributed by atoms with Crippen molar-refractivity contribution in [1.29, 1.82) is 0 Å². The molecule has 31 heavy (non-hydrogen) atoms. The molecule has 0 aliphatic carbocycles. The number of esters is 1. The van der Waals surface area contributed by atoms with Gasteiger partial charge in [0.15, 0.2) is 6.04 Å². The summed E-state index contributed by atoms with van der Waals surface area (Å²) in [5, 5.41) is 2.06. The Kier molecular flexibility index (Phi) is 7.03. The molecule has 0 bridgehead atoms. The lowest BCUT2D eigenvalue weighted by Crippen LogP contribution is -2.53. The molecule has 1 heterocycles. The van der Waals surface area contributed by atoms with E-state index in [0.29, 0.717) is 5.70 Å². The lowest BCUT2D eigenvalue weighted by atomic mass is 10.1. The van der Waals surface area contributed by atoms with E-state index in [2.05, 4.69) is 0 Å². The molecule has 1 atom stereocenters. The number of amides is 2. The molecule has 1 aliphatic heterocycles. The molecule has 1 aromatic rings. The average Bonchev–Trinajstić information content (AvgIpc) is 2.99. The Bertz CT molecular complexity index is 879. The van der Waals surface area contributed by atoms with Gasteiger partial charge in [-0.2, -0.15) is 10.0 Å². The minimum absolute atomic E-state index is 0.0689. The van der Waals surface area contributed by atoms with E-state index in [9.17, 15) is 14.4 Å². The fourth-order valence-electron chi connectivity index (χ4n) is 3.04. The molecule has 1 aliphatic rings. The molecule has 0 spiro atoms. The maximum Gasteiger partial charge on any atom is 0.434 e. The van der Waals surface area contributed by atoms with E-state index in [1.54, 1.807) is 47.6 Å². The molecule has 1 fully saturated rings.